The number of carbonyl (C=O) groups is 1. The van der Waals surface area contributed by atoms with Crippen molar-refractivity contribution >= 4 is 38.8 Å². The van der Waals surface area contributed by atoms with Crippen molar-refractivity contribution in [3.05, 3.63) is 48.5 Å². The van der Waals surface area contributed by atoms with Crippen molar-refractivity contribution in [1.29, 1.82) is 0 Å². The quantitative estimate of drug-likeness (QED) is 0.799. The lowest BCUT2D eigenvalue weighted by molar-refractivity contribution is -0.118. The van der Waals surface area contributed by atoms with Crippen molar-refractivity contribution < 1.29 is 13.2 Å². The van der Waals surface area contributed by atoms with Crippen molar-refractivity contribution in [2.24, 2.45) is 16.2 Å². The third kappa shape index (κ3) is 3.80. The number of hydrogen-bond acceptors (Lipinski definition) is 4. The molecule has 0 saturated heterocycles. The normalized spacial score (nSPS) is 16.3. The minimum absolute atomic E-state index is 0.0385. The number of carbonyl (C=O) groups excluding carboxylic acids is 1. The van der Waals surface area contributed by atoms with E-state index >= 15 is 0 Å². The highest BCUT2D eigenvalue weighted by Crippen LogP contribution is 2.39. The molecule has 1 atom stereocenters. The summed E-state index contributed by atoms with van der Waals surface area (Å²) >= 11 is 0. The molecular weight excluding hydrogens is 374 g/mol. The Balaban J connectivity index is 2.16. The molecule has 0 unspecified atom stereocenters. The van der Waals surface area contributed by atoms with Crippen LogP contribution in [0.2, 0.25) is 0 Å². The van der Waals surface area contributed by atoms with E-state index in [1.807, 2.05) is 49.1 Å². The summed E-state index contributed by atoms with van der Waals surface area (Å²) in [4.78, 5) is 14.0. The minimum Gasteiger partial charge on any atom is -0.326 e. The van der Waals surface area contributed by atoms with Crippen molar-refractivity contribution in [1.82, 2.24) is 0 Å². The number of nitrogens with zero attached hydrogens (tertiary/aromatic N) is 2. The molecule has 0 saturated carbocycles. The Morgan fingerprint density at radius 2 is 1.79 bits per heavy atom. The van der Waals surface area contributed by atoms with E-state index in [-0.39, 0.29) is 22.6 Å². The second kappa shape index (κ2) is 7.75. The highest BCUT2D eigenvalue weighted by atomic mass is 32.2. The van der Waals surface area contributed by atoms with Gasteiger partial charge in [-0.1, -0.05) is 45.9 Å². The number of fused-ring (bicyclic) bond motifs is 1. The van der Waals surface area contributed by atoms with Gasteiger partial charge < -0.3 is 5.32 Å². The number of anilines is 3. The van der Waals surface area contributed by atoms with Gasteiger partial charge in [0.25, 0.3) is 10.0 Å². The Kier molecular flexibility index (Phi) is 5.56. The van der Waals surface area contributed by atoms with Gasteiger partial charge in [0.15, 0.2) is 0 Å². The van der Waals surface area contributed by atoms with E-state index in [4.69, 9.17) is 0 Å². The molecule has 1 aliphatic rings. The fraction of sp³-hybridized carbons (Fsp3) is 0.333. The van der Waals surface area contributed by atoms with Crippen molar-refractivity contribution in [3.63, 3.8) is 0 Å². The lowest BCUT2D eigenvalue weighted by Gasteiger charge is -2.33. The average Bonchev–Trinajstić information content (AvgIpc) is 2.67. The Bertz CT molecular complexity index is 1010. The molecule has 1 heterocycles. The van der Waals surface area contributed by atoms with E-state index in [2.05, 4.69) is 9.71 Å². The summed E-state index contributed by atoms with van der Waals surface area (Å²) in [6.07, 6.45) is 0.759. The summed E-state index contributed by atoms with van der Waals surface area (Å²) < 4.78 is 30.0. The van der Waals surface area contributed by atoms with Gasteiger partial charge in [0.1, 0.15) is 10.7 Å². The highest BCUT2D eigenvalue weighted by Gasteiger charge is 2.34. The van der Waals surface area contributed by atoms with Crippen LogP contribution in [0.1, 0.15) is 34.1 Å². The molecular formula is C21H25N3O3S. The second-order valence-electron chi connectivity index (χ2n) is 7.23. The van der Waals surface area contributed by atoms with Crippen LogP contribution < -0.4 is 10.2 Å². The lowest BCUT2D eigenvalue weighted by atomic mass is 10.1. The summed E-state index contributed by atoms with van der Waals surface area (Å²) in [5.41, 5.74) is 1.83. The van der Waals surface area contributed by atoms with Crippen LogP contribution in [0.5, 0.6) is 0 Å². The fourth-order valence-electron chi connectivity index (χ4n) is 2.95. The fourth-order valence-corrected chi connectivity index (χ4v) is 4.25. The zero-order chi connectivity index (χ0) is 20.5. The standard InChI is InChI=1S/C21H25N3O3S/c1-5-15(4)20-23-28(26,27)19-13-16(22-21(25)14(2)3)11-12-18(19)24(20)17-9-7-6-8-10-17/h6-15H,5H2,1-4H3,(H,22,25)/t15-/m1/s1. The molecule has 148 valence electrons. The smallest absolute Gasteiger partial charge is 0.286 e. The molecule has 1 aliphatic heterocycles. The predicted octanol–water partition coefficient (Wildman–Crippen LogP) is 4.57. The molecule has 0 aromatic heterocycles. The molecule has 0 aliphatic carbocycles. The number of hydrogen-bond donors (Lipinski definition) is 1. The largest absolute Gasteiger partial charge is 0.326 e. The molecule has 1 N–H and O–H groups in total. The van der Waals surface area contributed by atoms with E-state index in [1.165, 1.54) is 6.07 Å². The lowest BCUT2D eigenvalue weighted by Crippen LogP contribution is -2.36. The van der Waals surface area contributed by atoms with Gasteiger partial charge in [-0.15, -0.1) is 4.40 Å². The number of amides is 1. The summed E-state index contributed by atoms with van der Waals surface area (Å²) in [6, 6.07) is 14.5. The molecule has 28 heavy (non-hydrogen) atoms. The van der Waals surface area contributed by atoms with Crippen LogP contribution in [-0.4, -0.2) is 20.2 Å². The van der Waals surface area contributed by atoms with Crippen LogP contribution in [0.3, 0.4) is 0 Å². The number of benzene rings is 2. The molecule has 6 nitrogen and oxygen atoms in total. The number of nitrogens with one attached hydrogen (secondary N) is 1. The zero-order valence-corrected chi connectivity index (χ0v) is 17.3. The summed E-state index contributed by atoms with van der Waals surface area (Å²) in [5.74, 6) is 0.0870. The zero-order valence-electron chi connectivity index (χ0n) is 16.5. The van der Waals surface area contributed by atoms with E-state index < -0.39 is 10.0 Å². The molecule has 0 radical (unpaired) electrons. The maximum absolute atomic E-state index is 12.9. The molecule has 2 aromatic carbocycles. The summed E-state index contributed by atoms with van der Waals surface area (Å²) in [5, 5.41) is 2.76. The number of sulfonamides is 1. The van der Waals surface area contributed by atoms with Crippen LogP contribution in [0.4, 0.5) is 17.1 Å². The Morgan fingerprint density at radius 1 is 1.11 bits per heavy atom. The first-order valence-corrected chi connectivity index (χ1v) is 10.8. The number of amidine groups is 1. The van der Waals surface area contributed by atoms with Crippen molar-refractivity contribution in [2.75, 3.05) is 10.2 Å². The van der Waals surface area contributed by atoms with E-state index in [1.54, 1.807) is 26.0 Å². The van der Waals surface area contributed by atoms with Gasteiger partial charge in [-0.25, -0.2) is 0 Å². The van der Waals surface area contributed by atoms with Gasteiger partial charge in [-0.05, 0) is 36.8 Å². The summed E-state index contributed by atoms with van der Waals surface area (Å²) in [6.45, 7) is 7.53. The number of para-hydroxylation sites is 1. The van der Waals surface area contributed by atoms with Gasteiger partial charge in [-0.2, -0.15) is 8.42 Å². The second-order valence-corrected chi connectivity index (χ2v) is 8.80. The molecule has 0 bridgehead atoms. The van der Waals surface area contributed by atoms with Crippen LogP contribution in [-0.2, 0) is 14.8 Å². The van der Waals surface area contributed by atoms with Crippen LogP contribution in [0, 0.1) is 11.8 Å². The number of rotatable bonds is 5. The minimum atomic E-state index is -3.87. The predicted molar refractivity (Wildman–Crippen MR) is 113 cm³/mol. The third-order valence-corrected chi connectivity index (χ3v) is 6.09. The Labute approximate surface area is 166 Å². The van der Waals surface area contributed by atoms with Gasteiger partial charge >= 0.3 is 0 Å². The monoisotopic (exact) mass is 399 g/mol. The van der Waals surface area contributed by atoms with Gasteiger partial charge in [0.2, 0.25) is 5.91 Å². The van der Waals surface area contributed by atoms with Crippen LogP contribution >= 0.6 is 0 Å². The van der Waals surface area contributed by atoms with Crippen molar-refractivity contribution in [2.45, 2.75) is 39.0 Å². The maximum atomic E-state index is 12.9. The van der Waals surface area contributed by atoms with E-state index in [9.17, 15) is 13.2 Å². The molecule has 0 spiro atoms. The van der Waals surface area contributed by atoms with Gasteiger partial charge in [-0.3, -0.25) is 9.69 Å². The van der Waals surface area contributed by atoms with Crippen molar-refractivity contribution in [3.8, 4) is 0 Å². The van der Waals surface area contributed by atoms with Crippen LogP contribution in [0.15, 0.2) is 57.8 Å². The van der Waals surface area contributed by atoms with Gasteiger partial charge in [0.05, 0.1) is 5.69 Å². The first-order chi connectivity index (χ1) is 13.2. The Morgan fingerprint density at radius 3 is 2.39 bits per heavy atom. The topological polar surface area (TPSA) is 78.8 Å². The molecule has 7 heteroatoms. The molecule has 3 rings (SSSR count). The third-order valence-electron chi connectivity index (χ3n) is 4.78. The average molecular weight is 400 g/mol. The maximum Gasteiger partial charge on any atom is 0.286 e. The van der Waals surface area contributed by atoms with Crippen LogP contribution in [0.25, 0.3) is 0 Å². The molecule has 1 amide bonds. The SMILES string of the molecule is CC[C@@H](C)C1=NS(=O)(=O)c2cc(NC(=O)C(C)C)ccc2N1c1ccccc1. The first-order valence-electron chi connectivity index (χ1n) is 9.39. The van der Waals surface area contributed by atoms with E-state index in [0.717, 1.165) is 12.1 Å². The highest BCUT2D eigenvalue weighted by molar-refractivity contribution is 7.90. The van der Waals surface area contributed by atoms with E-state index in [0.29, 0.717) is 17.2 Å². The molecule has 2 aromatic rings. The Hall–Kier alpha value is -2.67. The van der Waals surface area contributed by atoms with Gasteiger partial charge in [0, 0.05) is 23.2 Å². The first kappa shape index (κ1) is 20.1. The molecule has 0 fully saturated rings. The summed E-state index contributed by atoms with van der Waals surface area (Å²) in [7, 11) is -3.87.